The van der Waals surface area contributed by atoms with Gasteiger partial charge in [0.2, 0.25) is 0 Å². The zero-order valence-corrected chi connectivity index (χ0v) is 12.9. The largest absolute Gasteiger partial charge is 0.389 e. The van der Waals surface area contributed by atoms with E-state index in [9.17, 15) is 0 Å². The highest BCUT2D eigenvalue weighted by Gasteiger charge is 2.19. The Labute approximate surface area is 125 Å². The number of rotatable bonds is 3. The smallest absolute Gasteiger partial charge is 0.104 e. The molecule has 104 valence electrons. The highest BCUT2D eigenvalue weighted by atomic mass is 35.5. The fraction of sp³-hybridized carbons (Fsp3) is 0.533. The third-order valence-electron chi connectivity index (χ3n) is 3.98. The molecule has 0 spiro atoms. The maximum absolute atomic E-state index is 6.37. The van der Waals surface area contributed by atoms with E-state index in [0.29, 0.717) is 11.0 Å². The Morgan fingerprint density at radius 3 is 2.42 bits per heavy atom. The van der Waals surface area contributed by atoms with Crippen molar-refractivity contribution < 1.29 is 0 Å². The standard InChI is InChI=1S/C15H21ClN2S/c1-18(12-6-4-2-3-5-7-12)14-9-8-11(15(17)19)10-13(14)16/h8-10,12H,2-7H2,1H3,(H2,17,19). The molecule has 0 bridgehead atoms. The summed E-state index contributed by atoms with van der Waals surface area (Å²) < 4.78 is 0. The van der Waals surface area contributed by atoms with Crippen molar-refractivity contribution >= 4 is 34.5 Å². The molecule has 0 aromatic heterocycles. The van der Waals surface area contributed by atoms with Crippen molar-refractivity contribution in [3.05, 3.63) is 28.8 Å². The van der Waals surface area contributed by atoms with Gasteiger partial charge in [-0.05, 0) is 31.0 Å². The van der Waals surface area contributed by atoms with Crippen LogP contribution in [0.5, 0.6) is 0 Å². The molecular formula is C15H21ClN2S. The van der Waals surface area contributed by atoms with E-state index in [1.165, 1.54) is 38.5 Å². The van der Waals surface area contributed by atoms with Gasteiger partial charge in [-0.1, -0.05) is 49.5 Å². The van der Waals surface area contributed by atoms with Crippen LogP contribution in [0.1, 0.15) is 44.1 Å². The van der Waals surface area contributed by atoms with Crippen LogP contribution in [-0.4, -0.2) is 18.1 Å². The molecule has 1 fully saturated rings. The first-order valence-corrected chi connectivity index (χ1v) is 7.70. The molecule has 1 aliphatic carbocycles. The minimum absolute atomic E-state index is 0.394. The second-order valence-corrected chi connectivity index (χ2v) is 6.13. The van der Waals surface area contributed by atoms with Crippen molar-refractivity contribution in [2.75, 3.05) is 11.9 Å². The average Bonchev–Trinajstić information content (AvgIpc) is 2.66. The molecule has 0 atom stereocenters. The first kappa shape index (κ1) is 14.6. The van der Waals surface area contributed by atoms with Gasteiger partial charge < -0.3 is 10.6 Å². The van der Waals surface area contributed by atoms with Gasteiger partial charge in [-0.3, -0.25) is 0 Å². The fourth-order valence-corrected chi connectivity index (χ4v) is 3.23. The molecule has 0 saturated heterocycles. The Kier molecular flexibility index (Phi) is 5.06. The van der Waals surface area contributed by atoms with E-state index in [4.69, 9.17) is 29.6 Å². The molecule has 1 aliphatic rings. The summed E-state index contributed by atoms with van der Waals surface area (Å²) in [5.41, 5.74) is 7.54. The lowest BCUT2D eigenvalue weighted by Gasteiger charge is -2.30. The van der Waals surface area contributed by atoms with Gasteiger partial charge in [-0.25, -0.2) is 0 Å². The number of halogens is 1. The highest BCUT2D eigenvalue weighted by Crippen LogP contribution is 2.31. The number of hydrogen-bond acceptors (Lipinski definition) is 2. The summed E-state index contributed by atoms with van der Waals surface area (Å²) >= 11 is 11.4. The van der Waals surface area contributed by atoms with Gasteiger partial charge in [0.1, 0.15) is 4.99 Å². The normalized spacial score (nSPS) is 16.9. The number of benzene rings is 1. The van der Waals surface area contributed by atoms with Gasteiger partial charge in [-0.2, -0.15) is 0 Å². The Balaban J connectivity index is 2.18. The summed E-state index contributed by atoms with van der Waals surface area (Å²) in [5.74, 6) is 0. The maximum Gasteiger partial charge on any atom is 0.104 e. The summed E-state index contributed by atoms with van der Waals surface area (Å²) in [7, 11) is 2.14. The van der Waals surface area contributed by atoms with Crippen LogP contribution >= 0.6 is 23.8 Å². The fourth-order valence-electron chi connectivity index (χ4n) is 2.79. The van der Waals surface area contributed by atoms with E-state index in [0.717, 1.165) is 16.3 Å². The van der Waals surface area contributed by atoms with Crippen LogP contribution in [0.4, 0.5) is 5.69 Å². The van der Waals surface area contributed by atoms with Crippen LogP contribution in [0.3, 0.4) is 0 Å². The molecule has 0 amide bonds. The Morgan fingerprint density at radius 2 is 1.89 bits per heavy atom. The average molecular weight is 297 g/mol. The highest BCUT2D eigenvalue weighted by molar-refractivity contribution is 7.80. The Bertz CT molecular complexity index is 453. The predicted molar refractivity (Wildman–Crippen MR) is 87.2 cm³/mol. The lowest BCUT2D eigenvalue weighted by atomic mass is 10.1. The summed E-state index contributed by atoms with van der Waals surface area (Å²) in [6, 6.07) is 6.45. The van der Waals surface area contributed by atoms with Gasteiger partial charge in [-0.15, -0.1) is 0 Å². The number of thiocarbonyl (C=S) groups is 1. The Morgan fingerprint density at radius 1 is 1.26 bits per heavy atom. The quantitative estimate of drug-likeness (QED) is 0.671. The van der Waals surface area contributed by atoms with Gasteiger partial charge in [0, 0.05) is 18.7 Å². The van der Waals surface area contributed by atoms with Crippen molar-refractivity contribution in [2.45, 2.75) is 44.6 Å². The molecule has 0 unspecified atom stereocenters. The van der Waals surface area contributed by atoms with E-state index in [-0.39, 0.29) is 0 Å². The van der Waals surface area contributed by atoms with Crippen molar-refractivity contribution in [1.29, 1.82) is 0 Å². The topological polar surface area (TPSA) is 29.3 Å². The molecule has 1 saturated carbocycles. The van der Waals surface area contributed by atoms with Crippen LogP contribution in [0, 0.1) is 0 Å². The lowest BCUT2D eigenvalue weighted by Crippen LogP contribution is -2.31. The third-order valence-corrected chi connectivity index (χ3v) is 4.52. The predicted octanol–water partition coefficient (Wildman–Crippen LogP) is 4.13. The molecular weight excluding hydrogens is 276 g/mol. The second-order valence-electron chi connectivity index (χ2n) is 5.29. The van der Waals surface area contributed by atoms with Crippen molar-refractivity contribution in [3.8, 4) is 0 Å². The zero-order chi connectivity index (χ0) is 13.8. The van der Waals surface area contributed by atoms with Crippen LogP contribution in [0.25, 0.3) is 0 Å². The van der Waals surface area contributed by atoms with Crippen LogP contribution in [0.2, 0.25) is 5.02 Å². The molecule has 1 aromatic carbocycles. The van der Waals surface area contributed by atoms with Crippen molar-refractivity contribution in [1.82, 2.24) is 0 Å². The molecule has 2 nitrogen and oxygen atoms in total. The van der Waals surface area contributed by atoms with Gasteiger partial charge in [0.15, 0.2) is 0 Å². The number of hydrogen-bond donors (Lipinski definition) is 1. The summed E-state index contributed by atoms with van der Waals surface area (Å²) in [6.07, 6.45) is 7.86. The molecule has 0 heterocycles. The molecule has 0 aliphatic heterocycles. The zero-order valence-electron chi connectivity index (χ0n) is 11.4. The van der Waals surface area contributed by atoms with Gasteiger partial charge in [0.05, 0.1) is 10.7 Å². The lowest BCUT2D eigenvalue weighted by molar-refractivity contribution is 0.553. The van der Waals surface area contributed by atoms with E-state index < -0.39 is 0 Å². The number of nitrogens with zero attached hydrogens (tertiary/aromatic N) is 1. The summed E-state index contributed by atoms with van der Waals surface area (Å²) in [4.78, 5) is 2.71. The van der Waals surface area contributed by atoms with E-state index in [1.807, 2.05) is 18.2 Å². The molecule has 4 heteroatoms. The summed E-state index contributed by atoms with van der Waals surface area (Å²) in [5, 5.41) is 0.733. The van der Waals surface area contributed by atoms with E-state index in [2.05, 4.69) is 11.9 Å². The van der Waals surface area contributed by atoms with Crippen LogP contribution < -0.4 is 10.6 Å². The molecule has 19 heavy (non-hydrogen) atoms. The molecule has 2 N–H and O–H groups in total. The van der Waals surface area contributed by atoms with Crippen LogP contribution in [-0.2, 0) is 0 Å². The van der Waals surface area contributed by atoms with Crippen molar-refractivity contribution in [2.24, 2.45) is 5.73 Å². The van der Waals surface area contributed by atoms with Gasteiger partial charge >= 0.3 is 0 Å². The molecule has 0 radical (unpaired) electrons. The summed E-state index contributed by atoms with van der Waals surface area (Å²) in [6.45, 7) is 0. The van der Waals surface area contributed by atoms with E-state index >= 15 is 0 Å². The second kappa shape index (κ2) is 6.58. The van der Waals surface area contributed by atoms with Crippen molar-refractivity contribution in [3.63, 3.8) is 0 Å². The molecule has 2 rings (SSSR count). The minimum Gasteiger partial charge on any atom is -0.389 e. The maximum atomic E-state index is 6.37. The minimum atomic E-state index is 0.394. The van der Waals surface area contributed by atoms with E-state index in [1.54, 1.807) is 0 Å². The third kappa shape index (κ3) is 3.61. The number of anilines is 1. The first-order valence-electron chi connectivity index (χ1n) is 6.92. The Hall–Kier alpha value is -0.800. The van der Waals surface area contributed by atoms with Gasteiger partial charge in [0.25, 0.3) is 0 Å². The monoisotopic (exact) mass is 296 g/mol. The first-order chi connectivity index (χ1) is 9.09. The SMILES string of the molecule is CN(c1ccc(C(N)=S)cc1Cl)C1CCCCCC1. The van der Waals surface area contributed by atoms with Crippen LogP contribution in [0.15, 0.2) is 18.2 Å². The molecule has 1 aromatic rings. The number of nitrogens with two attached hydrogens (primary N) is 1.